The van der Waals surface area contributed by atoms with E-state index >= 15 is 0 Å². The van der Waals surface area contributed by atoms with Crippen LogP contribution >= 0.6 is 12.2 Å². The van der Waals surface area contributed by atoms with Gasteiger partial charge in [-0.05, 0) is 6.07 Å². The zero-order chi connectivity index (χ0) is 13.8. The highest BCUT2D eigenvalue weighted by molar-refractivity contribution is 7.80. The Bertz CT molecular complexity index is 464. The number of hydrogen-bond acceptors (Lipinski definition) is 4. The van der Waals surface area contributed by atoms with Gasteiger partial charge >= 0.3 is 0 Å². The largest absolute Gasteiger partial charge is 0.469 e. The summed E-state index contributed by atoms with van der Waals surface area (Å²) in [5.74, 6) is 0.816. The summed E-state index contributed by atoms with van der Waals surface area (Å²) in [6.07, 6.45) is 2.31. The number of piperazine rings is 1. The summed E-state index contributed by atoms with van der Waals surface area (Å²) >= 11 is 4.90. The van der Waals surface area contributed by atoms with Crippen LogP contribution in [-0.2, 0) is 6.42 Å². The number of hydrogen-bond donors (Lipinski definition) is 1. The maximum atomic E-state index is 12.4. The van der Waals surface area contributed by atoms with Crippen LogP contribution in [0, 0.1) is 0 Å². The predicted octanol–water partition coefficient (Wildman–Crippen LogP) is 0.886. The molecule has 0 unspecified atom stereocenters. The number of aryl methyl sites for hydroxylation is 1. The molecular formula is C13H19N3O2S. The molecule has 2 N–H and O–H groups in total. The van der Waals surface area contributed by atoms with E-state index in [0.717, 1.165) is 25.3 Å². The van der Waals surface area contributed by atoms with Crippen molar-refractivity contribution in [3.63, 3.8) is 0 Å². The molecule has 0 radical (unpaired) electrons. The van der Waals surface area contributed by atoms with Crippen molar-refractivity contribution in [2.24, 2.45) is 5.73 Å². The van der Waals surface area contributed by atoms with Gasteiger partial charge in [0.1, 0.15) is 5.76 Å². The van der Waals surface area contributed by atoms with Crippen LogP contribution in [0.1, 0.15) is 23.0 Å². The van der Waals surface area contributed by atoms with Gasteiger partial charge in [-0.25, -0.2) is 0 Å². The first-order valence-corrected chi connectivity index (χ1v) is 6.89. The van der Waals surface area contributed by atoms with Crippen molar-refractivity contribution in [2.45, 2.75) is 13.3 Å². The van der Waals surface area contributed by atoms with E-state index < -0.39 is 0 Å². The third-order valence-electron chi connectivity index (χ3n) is 3.34. The van der Waals surface area contributed by atoms with Gasteiger partial charge in [0.2, 0.25) is 0 Å². The van der Waals surface area contributed by atoms with Gasteiger partial charge in [0, 0.05) is 39.1 Å². The van der Waals surface area contributed by atoms with Crippen molar-refractivity contribution in [3.05, 3.63) is 23.7 Å². The van der Waals surface area contributed by atoms with Crippen LogP contribution in [0.3, 0.4) is 0 Å². The molecule has 0 atom stereocenters. The minimum atomic E-state index is 0.0561. The molecule has 0 aliphatic carbocycles. The SMILES string of the molecule is CCc1occc1C(=O)N1CCN(CC(N)=S)CC1. The van der Waals surface area contributed by atoms with E-state index in [0.29, 0.717) is 30.2 Å². The molecule has 0 aromatic carbocycles. The van der Waals surface area contributed by atoms with Crippen molar-refractivity contribution >= 4 is 23.1 Å². The Balaban J connectivity index is 1.94. The summed E-state index contributed by atoms with van der Waals surface area (Å²) in [5, 5.41) is 0. The third-order valence-corrected chi connectivity index (χ3v) is 3.46. The number of carbonyl (C=O) groups is 1. The quantitative estimate of drug-likeness (QED) is 0.830. The van der Waals surface area contributed by atoms with E-state index in [-0.39, 0.29) is 5.91 Å². The molecule has 6 heteroatoms. The van der Waals surface area contributed by atoms with Gasteiger partial charge < -0.3 is 15.1 Å². The Labute approximate surface area is 118 Å². The molecular weight excluding hydrogens is 262 g/mol. The Kier molecular flexibility index (Phi) is 4.55. The highest BCUT2D eigenvalue weighted by atomic mass is 32.1. The van der Waals surface area contributed by atoms with E-state index in [1.807, 2.05) is 11.8 Å². The van der Waals surface area contributed by atoms with Crippen LogP contribution in [0.15, 0.2) is 16.7 Å². The van der Waals surface area contributed by atoms with Crippen molar-refractivity contribution in [3.8, 4) is 0 Å². The molecule has 1 aliphatic heterocycles. The van der Waals surface area contributed by atoms with Crippen LogP contribution in [0.4, 0.5) is 0 Å². The van der Waals surface area contributed by atoms with Crippen LogP contribution in [0.5, 0.6) is 0 Å². The average molecular weight is 281 g/mol. The molecule has 1 aromatic heterocycles. The molecule has 1 amide bonds. The van der Waals surface area contributed by atoms with Crippen molar-refractivity contribution < 1.29 is 9.21 Å². The lowest BCUT2D eigenvalue weighted by Crippen LogP contribution is -2.50. The molecule has 1 fully saturated rings. The molecule has 2 rings (SSSR count). The number of furan rings is 1. The number of carbonyl (C=O) groups excluding carboxylic acids is 1. The Hall–Kier alpha value is -1.40. The summed E-state index contributed by atoms with van der Waals surface area (Å²) in [5.41, 5.74) is 6.22. The van der Waals surface area contributed by atoms with Crippen LogP contribution < -0.4 is 5.73 Å². The zero-order valence-corrected chi connectivity index (χ0v) is 11.9. The minimum Gasteiger partial charge on any atom is -0.469 e. The van der Waals surface area contributed by atoms with Crippen molar-refractivity contribution in [1.82, 2.24) is 9.80 Å². The number of rotatable bonds is 4. The maximum Gasteiger partial charge on any atom is 0.257 e. The molecule has 104 valence electrons. The van der Waals surface area contributed by atoms with Gasteiger partial charge in [-0.2, -0.15) is 0 Å². The minimum absolute atomic E-state index is 0.0561. The maximum absolute atomic E-state index is 12.4. The summed E-state index contributed by atoms with van der Waals surface area (Å²) in [7, 11) is 0. The molecule has 0 spiro atoms. The molecule has 2 heterocycles. The van der Waals surface area contributed by atoms with Gasteiger partial charge in [-0.3, -0.25) is 9.69 Å². The fourth-order valence-electron chi connectivity index (χ4n) is 2.30. The van der Waals surface area contributed by atoms with Gasteiger partial charge in [-0.15, -0.1) is 0 Å². The lowest BCUT2D eigenvalue weighted by Gasteiger charge is -2.34. The van der Waals surface area contributed by atoms with Gasteiger partial charge in [0.25, 0.3) is 5.91 Å². The van der Waals surface area contributed by atoms with Crippen molar-refractivity contribution in [2.75, 3.05) is 32.7 Å². The topological polar surface area (TPSA) is 62.7 Å². The first kappa shape index (κ1) is 14.0. The monoisotopic (exact) mass is 281 g/mol. The van der Waals surface area contributed by atoms with E-state index in [4.69, 9.17) is 22.4 Å². The smallest absolute Gasteiger partial charge is 0.257 e. The molecule has 0 saturated carbocycles. The average Bonchev–Trinajstić information content (AvgIpc) is 2.86. The molecule has 1 saturated heterocycles. The molecule has 1 aliphatic rings. The lowest BCUT2D eigenvalue weighted by molar-refractivity contribution is 0.0652. The predicted molar refractivity (Wildman–Crippen MR) is 77.2 cm³/mol. The zero-order valence-electron chi connectivity index (χ0n) is 11.1. The Morgan fingerprint density at radius 3 is 2.68 bits per heavy atom. The van der Waals surface area contributed by atoms with Crippen LogP contribution in [-0.4, -0.2) is 53.4 Å². The van der Waals surface area contributed by atoms with E-state index in [1.165, 1.54) is 0 Å². The second-order valence-corrected chi connectivity index (χ2v) is 5.17. The van der Waals surface area contributed by atoms with E-state index in [1.54, 1.807) is 12.3 Å². The molecule has 19 heavy (non-hydrogen) atoms. The van der Waals surface area contributed by atoms with Gasteiger partial charge in [0.15, 0.2) is 0 Å². The standard InChI is InChI=1S/C13H19N3O2S/c1-2-11-10(3-8-18-11)13(17)16-6-4-15(5-7-16)9-12(14)19/h3,8H,2,4-7,9H2,1H3,(H2,14,19). The first-order valence-electron chi connectivity index (χ1n) is 6.48. The fraction of sp³-hybridized carbons (Fsp3) is 0.538. The van der Waals surface area contributed by atoms with Gasteiger partial charge in [-0.1, -0.05) is 19.1 Å². The fourth-order valence-corrected chi connectivity index (χ4v) is 2.49. The Morgan fingerprint density at radius 2 is 2.11 bits per heavy atom. The lowest BCUT2D eigenvalue weighted by atomic mass is 10.1. The highest BCUT2D eigenvalue weighted by Gasteiger charge is 2.24. The number of nitrogens with zero attached hydrogens (tertiary/aromatic N) is 2. The van der Waals surface area contributed by atoms with E-state index in [2.05, 4.69) is 4.90 Å². The summed E-state index contributed by atoms with van der Waals surface area (Å²) in [6, 6.07) is 1.75. The summed E-state index contributed by atoms with van der Waals surface area (Å²) < 4.78 is 5.31. The molecule has 1 aromatic rings. The van der Waals surface area contributed by atoms with Crippen LogP contribution in [0.25, 0.3) is 0 Å². The van der Waals surface area contributed by atoms with Gasteiger partial charge in [0.05, 0.1) is 16.8 Å². The summed E-state index contributed by atoms with van der Waals surface area (Å²) in [4.78, 5) is 16.9. The van der Waals surface area contributed by atoms with Crippen LogP contribution in [0.2, 0.25) is 0 Å². The summed E-state index contributed by atoms with van der Waals surface area (Å²) in [6.45, 7) is 5.63. The second-order valence-electron chi connectivity index (χ2n) is 4.65. The normalized spacial score (nSPS) is 16.6. The highest BCUT2D eigenvalue weighted by Crippen LogP contribution is 2.15. The van der Waals surface area contributed by atoms with Crippen molar-refractivity contribution in [1.29, 1.82) is 0 Å². The number of nitrogens with two attached hydrogens (primary N) is 1. The number of thiocarbonyl (C=S) groups is 1. The van der Waals surface area contributed by atoms with E-state index in [9.17, 15) is 4.79 Å². The Morgan fingerprint density at radius 1 is 1.42 bits per heavy atom. The number of amides is 1. The second kappa shape index (κ2) is 6.16. The first-order chi connectivity index (χ1) is 9.11. The third kappa shape index (κ3) is 3.33. The molecule has 0 bridgehead atoms. The molecule has 5 nitrogen and oxygen atoms in total.